The van der Waals surface area contributed by atoms with Crippen LogP contribution in [0.5, 0.6) is 0 Å². The summed E-state index contributed by atoms with van der Waals surface area (Å²) in [5.74, 6) is -0.272. The van der Waals surface area contributed by atoms with Crippen LogP contribution in [0.2, 0.25) is 12.6 Å². The van der Waals surface area contributed by atoms with E-state index in [4.69, 9.17) is 46.7 Å². The Kier molecular flexibility index (Phi) is 80.4. The number of esters is 8. The lowest BCUT2D eigenvalue weighted by Gasteiger charge is -2.23. The molecule has 1 saturated heterocycles. The smallest absolute Gasteiger partial charge is 0.334 e. The number of aliphatic hydroxyl groups excluding tert-OH is 1. The number of epoxide rings is 1. The van der Waals surface area contributed by atoms with Crippen LogP contribution in [0, 0.1) is 55.7 Å². The maximum absolute atomic E-state index is 11.7. The van der Waals surface area contributed by atoms with Gasteiger partial charge in [0, 0.05) is 78.8 Å². The lowest BCUT2D eigenvalue weighted by Crippen LogP contribution is -2.36. The molecule has 0 aromatic heterocycles. The fourth-order valence-corrected chi connectivity index (χ4v) is 8.69. The molecule has 0 aromatic carbocycles. The highest BCUT2D eigenvalue weighted by molar-refractivity contribution is 6.65. The molecule has 5 unspecified atom stereocenters. The molecule has 3 amide bonds. The summed E-state index contributed by atoms with van der Waals surface area (Å²) in [6, 6.07) is 0.833. The van der Waals surface area contributed by atoms with Crippen molar-refractivity contribution in [2.24, 2.45) is 55.7 Å². The Labute approximate surface area is 740 Å². The van der Waals surface area contributed by atoms with Crippen molar-refractivity contribution < 1.29 is 109 Å². The third-order valence-corrected chi connectivity index (χ3v) is 24.3. The standard InChI is InChI=1S/C13H22O5.C12H26O4Si.3C10H20O2.C9H19NO.C9H16O3.2C7H15NO.C7H14O2/c1-6-13(4,5)12(16)18-8-10(14)7-17-11(15)9(2)3;1-7-12(2,3)11(13)16-9-8-10-17(6,14-4)15-5;3*1-5-7-8-12-9(11)10(3,4)6-2;1-5-8(4)9(11)10(6-2)7-3;1-4-9(2,3)8(10)12-6-7-5-11-7;2*1-5-6(2)7(9)8(3)4;1-5-7(2,3)6(8)9-4/h10,14H,2,6-8H2,1,3-5H3;7-10H2,1-6H3;3*5-8H2,1-4H3;8H,5-7H2,1-4H3;7H,4-6H2,1-3H3;2*6H,5H2,1-4H3;5H2,1-4H3. The van der Waals surface area contributed by atoms with Gasteiger partial charge in [-0.25, -0.2) is 4.79 Å². The summed E-state index contributed by atoms with van der Waals surface area (Å²) in [6.45, 7) is 73.9. The van der Waals surface area contributed by atoms with Crippen molar-refractivity contribution in [3.8, 4) is 0 Å². The topological polar surface area (TPSA) is 323 Å². The average Bonchev–Trinajstić information content (AvgIpc) is 1.84. The van der Waals surface area contributed by atoms with Gasteiger partial charge in [-0.3, -0.25) is 47.9 Å². The van der Waals surface area contributed by atoms with Crippen molar-refractivity contribution in [1.29, 1.82) is 0 Å². The van der Waals surface area contributed by atoms with E-state index in [2.05, 4.69) is 32.1 Å². The van der Waals surface area contributed by atoms with Gasteiger partial charge in [0.1, 0.15) is 32.0 Å². The van der Waals surface area contributed by atoms with Crippen molar-refractivity contribution in [3.05, 3.63) is 12.2 Å². The molecule has 0 radical (unpaired) electrons. The Morgan fingerprint density at radius 1 is 0.405 bits per heavy atom. The first-order valence-electron chi connectivity index (χ1n) is 44.7. The molecule has 0 aromatic rings. The number of ether oxygens (including phenoxy) is 9. The van der Waals surface area contributed by atoms with Gasteiger partial charge in [0.25, 0.3) is 0 Å². The second kappa shape index (κ2) is 73.2. The Hall–Kier alpha value is -6.03. The zero-order chi connectivity index (χ0) is 97.1. The van der Waals surface area contributed by atoms with Gasteiger partial charge in [-0.1, -0.05) is 137 Å². The minimum atomic E-state index is -2.01. The van der Waals surface area contributed by atoms with Gasteiger partial charge >= 0.3 is 56.3 Å². The molecule has 1 heterocycles. The van der Waals surface area contributed by atoms with E-state index in [1.165, 1.54) is 14.0 Å². The monoisotopic (exact) mass is 1750 g/mol. The highest BCUT2D eigenvalue weighted by atomic mass is 28.4. The molecule has 121 heavy (non-hydrogen) atoms. The number of unbranched alkanes of at least 4 members (excludes halogenated alkanes) is 3. The van der Waals surface area contributed by atoms with Crippen LogP contribution in [0.1, 0.15) is 338 Å². The van der Waals surface area contributed by atoms with Crippen LogP contribution < -0.4 is 0 Å². The molecule has 0 bridgehead atoms. The summed E-state index contributed by atoms with van der Waals surface area (Å²) in [5.41, 5.74) is -2.30. The number of hydrogen-bond acceptors (Lipinski definition) is 23. The van der Waals surface area contributed by atoms with E-state index >= 15 is 0 Å². The van der Waals surface area contributed by atoms with Crippen molar-refractivity contribution in [3.63, 3.8) is 0 Å². The van der Waals surface area contributed by atoms with Gasteiger partial charge in [-0.15, -0.1) is 0 Å². The van der Waals surface area contributed by atoms with E-state index in [9.17, 15) is 57.8 Å². The average molecular weight is 1760 g/mol. The molecule has 1 N–H and O–H groups in total. The van der Waals surface area contributed by atoms with Crippen molar-refractivity contribution in [2.45, 2.75) is 362 Å². The highest BCUT2D eigenvalue weighted by Crippen LogP contribution is 2.27. The van der Waals surface area contributed by atoms with Gasteiger partial charge in [-0.05, 0) is 220 Å². The van der Waals surface area contributed by atoms with Gasteiger partial charge in [0.05, 0.1) is 78.0 Å². The molecule has 1 rings (SSSR count). The first kappa shape index (κ1) is 133. The van der Waals surface area contributed by atoms with Crippen LogP contribution >= 0.6 is 0 Å². The van der Waals surface area contributed by atoms with Gasteiger partial charge in [0.2, 0.25) is 17.7 Å². The largest absolute Gasteiger partial charge is 0.469 e. The maximum atomic E-state index is 11.7. The number of carbonyl (C=O) groups is 11. The predicted octanol–water partition coefficient (Wildman–Crippen LogP) is 19.6. The van der Waals surface area contributed by atoms with Crippen LogP contribution in [0.4, 0.5) is 0 Å². The highest BCUT2D eigenvalue weighted by Gasteiger charge is 2.34. The lowest BCUT2D eigenvalue weighted by molar-refractivity contribution is -0.159. The number of rotatable bonds is 44. The zero-order valence-corrected chi connectivity index (χ0v) is 86.2. The lowest BCUT2D eigenvalue weighted by atomic mass is 9.91. The second-order valence-electron chi connectivity index (χ2n) is 35.5. The minimum absolute atomic E-state index is 0.0709. The summed E-state index contributed by atoms with van der Waals surface area (Å²) < 4.78 is 55.5. The Morgan fingerprint density at radius 2 is 0.653 bits per heavy atom. The van der Waals surface area contributed by atoms with Crippen LogP contribution in [0.25, 0.3) is 0 Å². The van der Waals surface area contributed by atoms with Crippen LogP contribution in [-0.4, -0.2) is 222 Å². The van der Waals surface area contributed by atoms with Crippen LogP contribution in [-0.2, 0) is 104 Å². The Balaban J connectivity index is -0.000000166. The molecule has 26 nitrogen and oxygen atoms in total. The van der Waals surface area contributed by atoms with Crippen molar-refractivity contribution in [1.82, 2.24) is 14.7 Å². The third-order valence-electron chi connectivity index (χ3n) is 21.3. The van der Waals surface area contributed by atoms with Crippen LogP contribution in [0.15, 0.2) is 12.2 Å². The quantitative estimate of drug-likeness (QED) is 0.0148. The molecule has 1 fully saturated rings. The number of nitrogens with zero attached hydrogens (tertiary/aromatic N) is 3. The summed E-state index contributed by atoms with van der Waals surface area (Å²) >= 11 is 0. The van der Waals surface area contributed by atoms with Crippen molar-refractivity contribution >= 4 is 74.0 Å². The number of methoxy groups -OCH3 is 1. The second-order valence-corrected chi connectivity index (χ2v) is 39.1. The van der Waals surface area contributed by atoms with Gasteiger partial charge in [0.15, 0.2) is 0 Å². The SMILES string of the molecule is C=C(C)C(=O)OCC(O)COC(=O)C(C)(C)CC.CCC(C)(C)C(=O)OC.CCC(C)(C)C(=O)OCC1CO1.CCC(C)(C)C(=O)OCCC[Si](C)(OC)OC.CCC(C)C(=O)N(C)C.CCC(C)C(=O)N(C)C.CCC(C)C(=O)N(CC)CC.CCCCOC(=O)C(C)(C)CC.CCCCOC(=O)C(C)(C)CC.CCCCOC(=O)C(C)(C)CC. The fraction of sp³-hybridized carbons (Fsp3) is 0.862. The number of aliphatic hydroxyl groups is 1. The van der Waals surface area contributed by atoms with Crippen molar-refractivity contribution in [2.75, 3.05) is 115 Å². The summed E-state index contributed by atoms with van der Waals surface area (Å²) in [6.07, 6.45) is 14.4. The predicted molar refractivity (Wildman–Crippen MR) is 491 cm³/mol. The van der Waals surface area contributed by atoms with E-state index in [1.54, 1.807) is 66.1 Å². The number of hydrogen-bond donors (Lipinski definition) is 1. The Morgan fingerprint density at radius 3 is 0.860 bits per heavy atom. The molecule has 0 aliphatic carbocycles. The third kappa shape index (κ3) is 68.9. The molecule has 0 spiro atoms. The summed E-state index contributed by atoms with van der Waals surface area (Å²) in [4.78, 5) is 129. The maximum Gasteiger partial charge on any atom is 0.334 e. The van der Waals surface area contributed by atoms with Gasteiger partial charge < -0.3 is 71.3 Å². The molecular weight excluding hydrogens is 1570 g/mol. The zero-order valence-electron chi connectivity index (χ0n) is 85.2. The molecule has 5 atom stereocenters. The van der Waals surface area contributed by atoms with E-state index in [-0.39, 0.29) is 135 Å². The van der Waals surface area contributed by atoms with Crippen LogP contribution in [0.3, 0.4) is 0 Å². The Bertz CT molecular complexity index is 2660. The summed E-state index contributed by atoms with van der Waals surface area (Å²) in [7, 11) is 9.88. The van der Waals surface area contributed by atoms with E-state index in [0.717, 1.165) is 128 Å². The van der Waals surface area contributed by atoms with Gasteiger partial charge in [-0.2, -0.15) is 0 Å². The normalized spacial score (nSPS) is 13.1. The molecule has 0 saturated carbocycles. The molecular formula is C94H187N3O23Si. The molecule has 27 heteroatoms. The van der Waals surface area contributed by atoms with E-state index in [0.29, 0.717) is 39.5 Å². The first-order valence-corrected chi connectivity index (χ1v) is 47.2. The van der Waals surface area contributed by atoms with E-state index in [1.807, 2.05) is 198 Å². The molecule has 720 valence electrons. The molecule has 1 aliphatic heterocycles. The number of carbonyl (C=O) groups excluding carboxylic acids is 11. The van der Waals surface area contributed by atoms with E-state index < -0.39 is 26.0 Å². The first-order chi connectivity index (χ1) is 55.6. The molecule has 1 aliphatic rings. The fourth-order valence-electron chi connectivity index (χ4n) is 7.33. The minimum Gasteiger partial charge on any atom is -0.469 e. The summed E-state index contributed by atoms with van der Waals surface area (Å²) in [5, 5.41) is 9.48. The number of amides is 3.